The van der Waals surface area contributed by atoms with Gasteiger partial charge in [0.1, 0.15) is 18.1 Å². The zero-order valence-corrected chi connectivity index (χ0v) is 19.5. The van der Waals surface area contributed by atoms with Crippen LogP contribution < -0.4 is 21.7 Å². The molecular formula is C21H36N6O6. The predicted octanol–water partition coefficient (Wildman–Crippen LogP) is -1.10. The highest BCUT2D eigenvalue weighted by molar-refractivity contribution is 5.94. The molecule has 33 heavy (non-hydrogen) atoms. The van der Waals surface area contributed by atoms with Crippen molar-refractivity contribution in [1.82, 2.24) is 25.9 Å². The summed E-state index contributed by atoms with van der Waals surface area (Å²) >= 11 is 0. The Hall–Kier alpha value is -2.99. The van der Waals surface area contributed by atoms with Crippen molar-refractivity contribution in [2.75, 3.05) is 6.61 Å². The average molecular weight is 469 g/mol. The third-order valence-electron chi connectivity index (χ3n) is 5.26. The molecule has 5 unspecified atom stereocenters. The highest BCUT2D eigenvalue weighted by atomic mass is 16.4. The molecule has 1 rings (SSSR count). The number of imidazole rings is 1. The molecule has 12 nitrogen and oxygen atoms in total. The van der Waals surface area contributed by atoms with Crippen LogP contribution in [0.5, 0.6) is 0 Å². The molecule has 12 heteroatoms. The summed E-state index contributed by atoms with van der Waals surface area (Å²) in [6.07, 6.45) is 3.86. The van der Waals surface area contributed by atoms with E-state index < -0.39 is 54.5 Å². The molecule has 5 atom stereocenters. The molecule has 186 valence electrons. The molecule has 1 heterocycles. The van der Waals surface area contributed by atoms with Gasteiger partial charge in [0.2, 0.25) is 17.7 Å². The van der Waals surface area contributed by atoms with E-state index in [0.29, 0.717) is 12.1 Å². The Bertz CT molecular complexity index is 784. The summed E-state index contributed by atoms with van der Waals surface area (Å²) in [6.45, 7) is 6.51. The van der Waals surface area contributed by atoms with Gasteiger partial charge in [-0.1, -0.05) is 34.1 Å². The Labute approximate surface area is 193 Å². The summed E-state index contributed by atoms with van der Waals surface area (Å²) in [5.41, 5.74) is 6.49. The lowest BCUT2D eigenvalue weighted by Gasteiger charge is -2.28. The van der Waals surface area contributed by atoms with Crippen LogP contribution in [-0.2, 0) is 25.6 Å². The van der Waals surface area contributed by atoms with Crippen molar-refractivity contribution in [1.29, 1.82) is 0 Å². The van der Waals surface area contributed by atoms with Gasteiger partial charge in [0, 0.05) is 18.3 Å². The molecule has 0 aliphatic rings. The number of nitrogens with two attached hydrogens (primary N) is 1. The summed E-state index contributed by atoms with van der Waals surface area (Å²) in [7, 11) is 0. The van der Waals surface area contributed by atoms with E-state index in [1.165, 1.54) is 12.5 Å². The van der Waals surface area contributed by atoms with Crippen LogP contribution in [0.15, 0.2) is 12.5 Å². The number of amides is 3. The van der Waals surface area contributed by atoms with E-state index in [-0.39, 0.29) is 24.7 Å². The molecule has 0 spiro atoms. The number of aliphatic hydroxyl groups is 1. The number of aliphatic carboxylic acids is 1. The van der Waals surface area contributed by atoms with Crippen molar-refractivity contribution in [3.8, 4) is 0 Å². The minimum Gasteiger partial charge on any atom is -0.480 e. The van der Waals surface area contributed by atoms with E-state index in [2.05, 4.69) is 25.9 Å². The Morgan fingerprint density at radius 2 is 1.70 bits per heavy atom. The van der Waals surface area contributed by atoms with Crippen molar-refractivity contribution in [3.05, 3.63) is 18.2 Å². The summed E-state index contributed by atoms with van der Waals surface area (Å²) in [5.74, 6) is -3.56. The van der Waals surface area contributed by atoms with Gasteiger partial charge in [-0.15, -0.1) is 0 Å². The first kappa shape index (κ1) is 28.0. The van der Waals surface area contributed by atoms with Gasteiger partial charge < -0.3 is 36.9 Å². The fourth-order valence-electron chi connectivity index (χ4n) is 3.11. The highest BCUT2D eigenvalue weighted by Gasteiger charge is 2.32. The Morgan fingerprint density at radius 3 is 2.18 bits per heavy atom. The number of nitrogens with one attached hydrogen (secondary N) is 4. The lowest BCUT2D eigenvalue weighted by molar-refractivity contribution is -0.143. The van der Waals surface area contributed by atoms with E-state index >= 15 is 0 Å². The van der Waals surface area contributed by atoms with Gasteiger partial charge in [-0.3, -0.25) is 14.4 Å². The topological polar surface area (TPSA) is 200 Å². The molecule has 1 aromatic heterocycles. The number of hydrogen-bond donors (Lipinski definition) is 7. The standard InChI is InChI=1S/C21H36N6O6/c1-5-12(4)17(20(31)25-15(21(32)33)6-11(2)3)27-19(30)16(9-28)26-18(29)14(22)7-13-8-23-10-24-13/h8,10-12,14-17,28H,5-7,9,22H2,1-4H3,(H,23,24)(H,25,31)(H,26,29)(H,27,30)(H,32,33). The predicted molar refractivity (Wildman–Crippen MR) is 120 cm³/mol. The van der Waals surface area contributed by atoms with Crippen LogP contribution >= 0.6 is 0 Å². The molecule has 0 aliphatic carbocycles. The number of H-pyrrole nitrogens is 1. The molecule has 1 aromatic rings. The second-order valence-corrected chi connectivity index (χ2v) is 8.53. The van der Waals surface area contributed by atoms with Crippen LogP contribution in [0.25, 0.3) is 0 Å². The lowest BCUT2D eigenvalue weighted by atomic mass is 9.96. The Morgan fingerprint density at radius 1 is 1.06 bits per heavy atom. The van der Waals surface area contributed by atoms with Crippen LogP contribution in [-0.4, -0.2) is 74.6 Å². The van der Waals surface area contributed by atoms with Gasteiger partial charge in [0.25, 0.3) is 0 Å². The van der Waals surface area contributed by atoms with E-state index in [1.807, 2.05) is 20.8 Å². The van der Waals surface area contributed by atoms with Crippen molar-refractivity contribution in [2.24, 2.45) is 17.6 Å². The molecule has 0 saturated carbocycles. The second-order valence-electron chi connectivity index (χ2n) is 8.53. The van der Waals surface area contributed by atoms with Gasteiger partial charge in [-0.05, 0) is 18.3 Å². The summed E-state index contributed by atoms with van der Waals surface area (Å²) < 4.78 is 0. The molecule has 0 bridgehead atoms. The van der Waals surface area contributed by atoms with Gasteiger partial charge in [0.15, 0.2) is 0 Å². The first-order chi connectivity index (χ1) is 15.5. The van der Waals surface area contributed by atoms with E-state index in [9.17, 15) is 29.4 Å². The molecule has 0 aromatic carbocycles. The Kier molecular flexibility index (Phi) is 11.5. The molecule has 0 saturated heterocycles. The number of nitrogens with zero attached hydrogens (tertiary/aromatic N) is 1. The monoisotopic (exact) mass is 468 g/mol. The number of carbonyl (C=O) groups excluding carboxylic acids is 3. The number of rotatable bonds is 14. The number of hydrogen-bond acceptors (Lipinski definition) is 7. The molecule has 0 radical (unpaired) electrons. The van der Waals surface area contributed by atoms with E-state index in [1.54, 1.807) is 6.92 Å². The number of carbonyl (C=O) groups is 4. The van der Waals surface area contributed by atoms with Crippen LogP contribution in [0.4, 0.5) is 0 Å². The van der Waals surface area contributed by atoms with Crippen LogP contribution in [0.2, 0.25) is 0 Å². The molecule has 8 N–H and O–H groups in total. The van der Waals surface area contributed by atoms with Crippen LogP contribution in [0.1, 0.15) is 46.2 Å². The lowest BCUT2D eigenvalue weighted by Crippen LogP contribution is -2.59. The van der Waals surface area contributed by atoms with Crippen LogP contribution in [0, 0.1) is 11.8 Å². The van der Waals surface area contributed by atoms with Crippen LogP contribution in [0.3, 0.4) is 0 Å². The molecular weight excluding hydrogens is 432 g/mol. The number of carboxylic acids is 1. The number of aliphatic hydroxyl groups excluding tert-OH is 1. The smallest absolute Gasteiger partial charge is 0.326 e. The first-order valence-corrected chi connectivity index (χ1v) is 11.0. The van der Waals surface area contributed by atoms with Gasteiger partial charge >= 0.3 is 5.97 Å². The van der Waals surface area contributed by atoms with Crippen molar-refractivity contribution in [2.45, 2.75) is 71.1 Å². The third-order valence-corrected chi connectivity index (χ3v) is 5.26. The zero-order valence-electron chi connectivity index (χ0n) is 19.5. The summed E-state index contributed by atoms with van der Waals surface area (Å²) in [5, 5.41) is 26.4. The molecule has 0 aliphatic heterocycles. The Balaban J connectivity index is 2.84. The maximum Gasteiger partial charge on any atom is 0.326 e. The largest absolute Gasteiger partial charge is 0.480 e. The van der Waals surface area contributed by atoms with E-state index in [0.717, 1.165) is 0 Å². The summed E-state index contributed by atoms with van der Waals surface area (Å²) in [6, 6.07) is -4.49. The normalized spacial score (nSPS) is 15.7. The second kappa shape index (κ2) is 13.5. The van der Waals surface area contributed by atoms with Crippen molar-refractivity contribution >= 4 is 23.7 Å². The molecule has 0 fully saturated rings. The average Bonchev–Trinajstić information content (AvgIpc) is 3.26. The van der Waals surface area contributed by atoms with Gasteiger partial charge in [-0.25, -0.2) is 9.78 Å². The number of carboxylic acid groups (broad SMARTS) is 1. The fourth-order valence-corrected chi connectivity index (χ4v) is 3.11. The van der Waals surface area contributed by atoms with E-state index in [4.69, 9.17) is 5.73 Å². The minimum absolute atomic E-state index is 0.0305. The maximum atomic E-state index is 12.8. The first-order valence-electron chi connectivity index (χ1n) is 11.0. The van der Waals surface area contributed by atoms with Crippen molar-refractivity contribution < 1.29 is 29.4 Å². The van der Waals surface area contributed by atoms with Crippen molar-refractivity contribution in [3.63, 3.8) is 0 Å². The maximum absolute atomic E-state index is 12.8. The quantitative estimate of drug-likeness (QED) is 0.178. The number of aromatic amines is 1. The third kappa shape index (κ3) is 9.18. The van der Waals surface area contributed by atoms with Gasteiger partial charge in [0.05, 0.1) is 19.0 Å². The minimum atomic E-state index is -1.34. The molecule has 3 amide bonds. The van der Waals surface area contributed by atoms with Gasteiger partial charge in [-0.2, -0.15) is 0 Å². The SMILES string of the molecule is CCC(C)C(NC(=O)C(CO)NC(=O)C(N)Cc1cnc[nH]1)C(=O)NC(CC(C)C)C(=O)O. The summed E-state index contributed by atoms with van der Waals surface area (Å²) in [4.78, 5) is 56.1. The number of aromatic nitrogens is 2. The highest BCUT2D eigenvalue weighted by Crippen LogP contribution is 2.11. The zero-order chi connectivity index (χ0) is 25.1. The fraction of sp³-hybridized carbons (Fsp3) is 0.667.